The molecule has 3 aromatic carbocycles. The molecule has 0 radical (unpaired) electrons. The first-order valence-corrected chi connectivity index (χ1v) is 9.00. The predicted octanol–water partition coefficient (Wildman–Crippen LogP) is 3.59. The molecule has 9 heteroatoms. The normalized spacial score (nSPS) is 10.5. The molecular weight excluding hydrogens is 402 g/mol. The van der Waals surface area contributed by atoms with Crippen molar-refractivity contribution in [1.82, 2.24) is 5.43 Å². The number of rotatable bonds is 7. The lowest BCUT2D eigenvalue weighted by atomic mass is 10.2. The Bertz CT molecular complexity index is 1110. The number of esters is 1. The topological polar surface area (TPSA) is 120 Å². The van der Waals surface area contributed by atoms with Gasteiger partial charge < -0.3 is 9.47 Å². The Hall–Kier alpha value is -4.53. The average molecular weight is 419 g/mol. The Morgan fingerprint density at radius 1 is 0.903 bits per heavy atom. The molecule has 0 spiro atoms. The van der Waals surface area contributed by atoms with Gasteiger partial charge in [0.2, 0.25) is 0 Å². The second kappa shape index (κ2) is 9.79. The van der Waals surface area contributed by atoms with Gasteiger partial charge in [0.25, 0.3) is 11.6 Å². The first kappa shape index (κ1) is 21.2. The van der Waals surface area contributed by atoms with Gasteiger partial charge in [0.05, 0.1) is 23.8 Å². The van der Waals surface area contributed by atoms with Crippen LogP contribution in [0.4, 0.5) is 5.69 Å². The van der Waals surface area contributed by atoms with E-state index in [0.717, 1.165) is 0 Å². The molecule has 0 saturated heterocycles. The molecule has 31 heavy (non-hydrogen) atoms. The minimum absolute atomic E-state index is 0.104. The molecule has 0 saturated carbocycles. The number of benzene rings is 3. The van der Waals surface area contributed by atoms with Crippen molar-refractivity contribution < 1.29 is 24.0 Å². The quantitative estimate of drug-likeness (QED) is 0.205. The summed E-state index contributed by atoms with van der Waals surface area (Å²) in [5, 5.41) is 14.5. The van der Waals surface area contributed by atoms with E-state index in [1.54, 1.807) is 55.6 Å². The van der Waals surface area contributed by atoms with Crippen LogP contribution < -0.4 is 14.9 Å². The van der Waals surface area contributed by atoms with E-state index in [2.05, 4.69) is 10.5 Å². The summed E-state index contributed by atoms with van der Waals surface area (Å²) >= 11 is 0. The van der Waals surface area contributed by atoms with Gasteiger partial charge in [-0.1, -0.05) is 0 Å². The van der Waals surface area contributed by atoms with Crippen molar-refractivity contribution in [3.63, 3.8) is 0 Å². The number of methoxy groups -OCH3 is 1. The molecule has 0 unspecified atom stereocenters. The highest BCUT2D eigenvalue weighted by Gasteiger charge is 2.10. The van der Waals surface area contributed by atoms with Crippen molar-refractivity contribution in [3.05, 3.63) is 99.6 Å². The second-order valence-corrected chi connectivity index (χ2v) is 6.19. The molecule has 0 aliphatic rings. The van der Waals surface area contributed by atoms with Gasteiger partial charge in [-0.15, -0.1) is 0 Å². The van der Waals surface area contributed by atoms with Crippen LogP contribution in [-0.2, 0) is 0 Å². The summed E-state index contributed by atoms with van der Waals surface area (Å²) < 4.78 is 10.4. The molecule has 0 aromatic heterocycles. The molecule has 0 atom stereocenters. The number of hydrazone groups is 1. The SMILES string of the molecule is COc1ccc(C(=O)Oc2ccc(/C=N\NC(=O)c3ccc([N+](=O)[O-])cc3)cc2)cc1. The highest BCUT2D eigenvalue weighted by Crippen LogP contribution is 2.16. The summed E-state index contributed by atoms with van der Waals surface area (Å²) in [6.07, 6.45) is 1.42. The Balaban J connectivity index is 1.54. The number of amides is 1. The van der Waals surface area contributed by atoms with Gasteiger partial charge in [-0.05, 0) is 66.2 Å². The number of hydrogen-bond acceptors (Lipinski definition) is 7. The Kier molecular flexibility index (Phi) is 6.69. The second-order valence-electron chi connectivity index (χ2n) is 6.19. The number of non-ortho nitro benzene ring substituents is 1. The maximum Gasteiger partial charge on any atom is 0.343 e. The zero-order chi connectivity index (χ0) is 22.2. The molecule has 3 aromatic rings. The van der Waals surface area contributed by atoms with Gasteiger partial charge in [-0.3, -0.25) is 14.9 Å². The number of ether oxygens (including phenoxy) is 2. The molecule has 0 fully saturated rings. The summed E-state index contributed by atoms with van der Waals surface area (Å²) in [7, 11) is 1.54. The fourth-order valence-corrected chi connectivity index (χ4v) is 2.48. The average Bonchev–Trinajstić information content (AvgIpc) is 2.80. The molecule has 156 valence electrons. The van der Waals surface area contributed by atoms with Crippen molar-refractivity contribution in [3.8, 4) is 11.5 Å². The maximum atomic E-state index is 12.2. The minimum Gasteiger partial charge on any atom is -0.497 e. The van der Waals surface area contributed by atoms with Crippen LogP contribution >= 0.6 is 0 Å². The monoisotopic (exact) mass is 419 g/mol. The summed E-state index contributed by atoms with van der Waals surface area (Å²) in [5.74, 6) is -0.00985. The van der Waals surface area contributed by atoms with Gasteiger partial charge in [0.1, 0.15) is 11.5 Å². The first-order valence-electron chi connectivity index (χ1n) is 9.00. The highest BCUT2D eigenvalue weighted by atomic mass is 16.6. The molecule has 0 heterocycles. The summed E-state index contributed by atoms with van der Waals surface area (Å²) in [5.41, 5.74) is 3.52. The summed E-state index contributed by atoms with van der Waals surface area (Å²) in [6.45, 7) is 0. The summed E-state index contributed by atoms with van der Waals surface area (Å²) in [4.78, 5) is 34.3. The van der Waals surface area contributed by atoms with Crippen molar-refractivity contribution in [1.29, 1.82) is 0 Å². The van der Waals surface area contributed by atoms with Crippen LogP contribution in [0.2, 0.25) is 0 Å². The fourth-order valence-electron chi connectivity index (χ4n) is 2.48. The van der Waals surface area contributed by atoms with Crippen molar-refractivity contribution >= 4 is 23.8 Å². The number of carbonyl (C=O) groups excluding carboxylic acids is 2. The van der Waals surface area contributed by atoms with Gasteiger partial charge in [0, 0.05) is 17.7 Å². The van der Waals surface area contributed by atoms with Crippen LogP contribution in [0.1, 0.15) is 26.3 Å². The number of hydrogen-bond donors (Lipinski definition) is 1. The van der Waals surface area contributed by atoms with E-state index in [9.17, 15) is 19.7 Å². The molecule has 0 aliphatic heterocycles. The van der Waals surface area contributed by atoms with Crippen molar-refractivity contribution in [2.24, 2.45) is 5.10 Å². The molecule has 1 amide bonds. The Morgan fingerprint density at radius 3 is 2.06 bits per heavy atom. The predicted molar refractivity (Wildman–Crippen MR) is 113 cm³/mol. The van der Waals surface area contributed by atoms with Crippen LogP contribution in [0.15, 0.2) is 77.9 Å². The Morgan fingerprint density at radius 2 is 1.48 bits per heavy atom. The fraction of sp³-hybridized carbons (Fsp3) is 0.0455. The van der Waals surface area contributed by atoms with E-state index in [-0.39, 0.29) is 11.3 Å². The number of nitrogens with one attached hydrogen (secondary N) is 1. The number of nitrogens with zero attached hydrogens (tertiary/aromatic N) is 2. The number of nitro benzene ring substituents is 1. The lowest BCUT2D eigenvalue weighted by Crippen LogP contribution is -2.17. The molecule has 0 bridgehead atoms. The third-order valence-corrected chi connectivity index (χ3v) is 4.14. The van der Waals surface area contributed by atoms with E-state index in [1.165, 1.54) is 30.5 Å². The standard InChI is InChI=1S/C22H17N3O6/c1-30-19-12-6-17(7-13-19)22(27)31-20-10-2-15(3-11-20)14-23-24-21(26)16-4-8-18(9-5-16)25(28)29/h2-14H,1H3,(H,24,26)/b23-14-. The lowest BCUT2D eigenvalue weighted by molar-refractivity contribution is -0.384. The largest absolute Gasteiger partial charge is 0.497 e. The third-order valence-electron chi connectivity index (χ3n) is 4.14. The molecular formula is C22H17N3O6. The highest BCUT2D eigenvalue weighted by molar-refractivity contribution is 5.95. The van der Waals surface area contributed by atoms with E-state index in [0.29, 0.717) is 22.6 Å². The van der Waals surface area contributed by atoms with Crippen LogP contribution in [0.5, 0.6) is 11.5 Å². The number of carbonyl (C=O) groups is 2. The van der Waals surface area contributed by atoms with Crippen molar-refractivity contribution in [2.75, 3.05) is 7.11 Å². The molecule has 1 N–H and O–H groups in total. The maximum absolute atomic E-state index is 12.2. The van der Waals surface area contributed by atoms with Gasteiger partial charge in [-0.25, -0.2) is 10.2 Å². The zero-order valence-electron chi connectivity index (χ0n) is 16.3. The number of nitro groups is 1. The zero-order valence-corrected chi connectivity index (χ0v) is 16.3. The van der Waals surface area contributed by atoms with Crippen LogP contribution in [-0.4, -0.2) is 30.1 Å². The van der Waals surface area contributed by atoms with E-state index < -0.39 is 16.8 Å². The third kappa shape index (κ3) is 5.73. The van der Waals surface area contributed by atoms with Gasteiger partial charge in [0.15, 0.2) is 0 Å². The smallest absolute Gasteiger partial charge is 0.343 e. The Labute approximate surface area is 177 Å². The van der Waals surface area contributed by atoms with Crippen molar-refractivity contribution in [2.45, 2.75) is 0 Å². The molecule has 0 aliphatic carbocycles. The van der Waals surface area contributed by atoms with E-state index in [4.69, 9.17) is 9.47 Å². The van der Waals surface area contributed by atoms with E-state index in [1.807, 2.05) is 0 Å². The van der Waals surface area contributed by atoms with Crippen LogP contribution in [0, 0.1) is 10.1 Å². The van der Waals surface area contributed by atoms with Gasteiger partial charge in [-0.2, -0.15) is 5.10 Å². The minimum atomic E-state index is -0.544. The first-order chi connectivity index (χ1) is 15.0. The van der Waals surface area contributed by atoms with Crippen LogP contribution in [0.3, 0.4) is 0 Å². The van der Waals surface area contributed by atoms with Gasteiger partial charge >= 0.3 is 5.97 Å². The lowest BCUT2D eigenvalue weighted by Gasteiger charge is -2.05. The van der Waals surface area contributed by atoms with Crippen LogP contribution in [0.25, 0.3) is 0 Å². The van der Waals surface area contributed by atoms with E-state index >= 15 is 0 Å². The molecule has 9 nitrogen and oxygen atoms in total. The molecule has 3 rings (SSSR count). The summed E-state index contributed by atoms with van der Waals surface area (Å²) in [6, 6.07) is 18.2.